The second kappa shape index (κ2) is 4.90. The van der Waals surface area contributed by atoms with Crippen molar-refractivity contribution in [2.45, 2.75) is 6.18 Å². The van der Waals surface area contributed by atoms with E-state index in [4.69, 9.17) is 0 Å². The van der Waals surface area contributed by atoms with Crippen molar-refractivity contribution < 1.29 is 18.3 Å². The average molecular weight is 404 g/mol. The van der Waals surface area contributed by atoms with Crippen LogP contribution in [0.5, 0.6) is 5.75 Å². The zero-order chi connectivity index (χ0) is 15.2. The third-order valence-corrected chi connectivity index (χ3v) is 3.69. The van der Waals surface area contributed by atoms with Gasteiger partial charge in [-0.1, -0.05) is 0 Å². The molecule has 0 spiro atoms. The highest BCUT2D eigenvalue weighted by Gasteiger charge is 2.30. The molecule has 0 saturated carbocycles. The zero-order valence-electron chi connectivity index (χ0n) is 10.4. The van der Waals surface area contributed by atoms with Gasteiger partial charge in [0.05, 0.1) is 22.2 Å². The monoisotopic (exact) mass is 404 g/mol. The van der Waals surface area contributed by atoms with Crippen LogP contribution in [-0.2, 0) is 6.18 Å². The Morgan fingerprint density at radius 3 is 2.57 bits per heavy atom. The summed E-state index contributed by atoms with van der Waals surface area (Å²) in [5, 5.41) is 9.85. The molecule has 0 amide bonds. The highest BCUT2D eigenvalue weighted by atomic mass is 127. The van der Waals surface area contributed by atoms with Crippen molar-refractivity contribution in [3.8, 4) is 17.1 Å². The number of aromatic nitrogens is 2. The average Bonchev–Trinajstić information content (AvgIpc) is 2.83. The summed E-state index contributed by atoms with van der Waals surface area (Å²) in [5.41, 5.74) is 0.401. The Hall–Kier alpha value is -1.77. The Morgan fingerprint density at radius 1 is 1.10 bits per heavy atom. The molecule has 0 aliphatic heterocycles. The summed E-state index contributed by atoms with van der Waals surface area (Å²) >= 11 is 2.08. The summed E-state index contributed by atoms with van der Waals surface area (Å²) in [5.74, 6) is 0.353. The number of nitrogens with one attached hydrogen (secondary N) is 1. The number of rotatable bonds is 1. The first-order valence-corrected chi connectivity index (χ1v) is 6.98. The van der Waals surface area contributed by atoms with Crippen LogP contribution in [0.25, 0.3) is 22.4 Å². The SMILES string of the molecule is Oc1ccc(I)cc1-c1nc2ccc(C(F)(F)F)cc2[nH]1. The summed E-state index contributed by atoms with van der Waals surface area (Å²) < 4.78 is 38.9. The summed E-state index contributed by atoms with van der Waals surface area (Å²) in [7, 11) is 0. The molecular weight excluding hydrogens is 396 g/mol. The Balaban J connectivity index is 2.15. The lowest BCUT2D eigenvalue weighted by molar-refractivity contribution is -0.137. The van der Waals surface area contributed by atoms with Crippen LogP contribution in [0, 0.1) is 3.57 Å². The molecule has 21 heavy (non-hydrogen) atoms. The van der Waals surface area contributed by atoms with Gasteiger partial charge in [0, 0.05) is 3.57 Å². The maximum absolute atomic E-state index is 12.7. The predicted octanol–water partition coefficient (Wildman–Crippen LogP) is 4.56. The van der Waals surface area contributed by atoms with E-state index in [9.17, 15) is 18.3 Å². The molecule has 1 aromatic heterocycles. The van der Waals surface area contributed by atoms with Crippen molar-refractivity contribution in [2.75, 3.05) is 0 Å². The van der Waals surface area contributed by atoms with Crippen molar-refractivity contribution >= 4 is 33.6 Å². The number of aromatic amines is 1. The molecule has 0 fully saturated rings. The fraction of sp³-hybridized carbons (Fsp3) is 0.0714. The van der Waals surface area contributed by atoms with E-state index in [2.05, 4.69) is 32.6 Å². The number of phenols is 1. The number of hydrogen-bond acceptors (Lipinski definition) is 2. The molecule has 0 unspecified atom stereocenters. The number of nitrogens with zero attached hydrogens (tertiary/aromatic N) is 1. The maximum atomic E-state index is 12.7. The van der Waals surface area contributed by atoms with Gasteiger partial charge in [-0.2, -0.15) is 13.2 Å². The first-order valence-electron chi connectivity index (χ1n) is 5.90. The van der Waals surface area contributed by atoms with Crippen molar-refractivity contribution in [3.63, 3.8) is 0 Å². The van der Waals surface area contributed by atoms with Gasteiger partial charge in [0.2, 0.25) is 0 Å². The molecule has 7 heteroatoms. The van der Waals surface area contributed by atoms with Crippen LogP contribution in [0.4, 0.5) is 13.2 Å². The van der Waals surface area contributed by atoms with Crippen molar-refractivity contribution in [2.24, 2.45) is 0 Å². The molecule has 2 aromatic carbocycles. The van der Waals surface area contributed by atoms with E-state index in [0.717, 1.165) is 15.7 Å². The molecular formula is C14H8F3IN2O. The van der Waals surface area contributed by atoms with Crippen LogP contribution < -0.4 is 0 Å². The maximum Gasteiger partial charge on any atom is 0.416 e. The Kier molecular flexibility index (Phi) is 3.31. The van der Waals surface area contributed by atoms with Crippen LogP contribution in [0.3, 0.4) is 0 Å². The predicted molar refractivity (Wildman–Crippen MR) is 80.9 cm³/mol. The fourth-order valence-corrected chi connectivity index (χ4v) is 2.50. The van der Waals surface area contributed by atoms with Gasteiger partial charge in [-0.05, 0) is 59.0 Å². The van der Waals surface area contributed by atoms with Gasteiger partial charge in [0.1, 0.15) is 11.6 Å². The lowest BCUT2D eigenvalue weighted by Crippen LogP contribution is -2.04. The first kappa shape index (κ1) is 14.2. The lowest BCUT2D eigenvalue weighted by Gasteiger charge is -2.05. The molecule has 0 atom stereocenters. The number of H-pyrrole nitrogens is 1. The highest BCUT2D eigenvalue weighted by molar-refractivity contribution is 14.1. The van der Waals surface area contributed by atoms with Crippen LogP contribution in [0.2, 0.25) is 0 Å². The van der Waals surface area contributed by atoms with Gasteiger partial charge >= 0.3 is 6.18 Å². The number of hydrogen-bond donors (Lipinski definition) is 2. The fourth-order valence-electron chi connectivity index (χ4n) is 2.01. The number of phenolic OH excluding ortho intramolecular Hbond substituents is 1. The summed E-state index contributed by atoms with van der Waals surface area (Å²) in [6.45, 7) is 0. The molecule has 0 aliphatic rings. The topological polar surface area (TPSA) is 48.9 Å². The summed E-state index contributed by atoms with van der Waals surface area (Å²) in [6.07, 6.45) is -4.40. The number of imidazole rings is 1. The van der Waals surface area contributed by atoms with E-state index in [1.807, 2.05) is 0 Å². The molecule has 1 heterocycles. The highest BCUT2D eigenvalue weighted by Crippen LogP contribution is 2.33. The van der Waals surface area contributed by atoms with Crippen LogP contribution >= 0.6 is 22.6 Å². The van der Waals surface area contributed by atoms with E-state index in [0.29, 0.717) is 16.9 Å². The van der Waals surface area contributed by atoms with Gasteiger partial charge in [0.15, 0.2) is 0 Å². The molecule has 2 N–H and O–H groups in total. The van der Waals surface area contributed by atoms with Gasteiger partial charge in [0.25, 0.3) is 0 Å². The number of aromatic hydroxyl groups is 1. The van der Waals surface area contributed by atoms with E-state index in [1.165, 1.54) is 12.1 Å². The van der Waals surface area contributed by atoms with E-state index < -0.39 is 11.7 Å². The standard InChI is InChI=1S/C14H8F3IN2O/c15-14(16,17)7-1-3-10-11(5-7)20-13(19-10)9-6-8(18)2-4-12(9)21/h1-6,21H,(H,19,20). The van der Waals surface area contributed by atoms with E-state index >= 15 is 0 Å². The zero-order valence-corrected chi connectivity index (χ0v) is 12.5. The second-order valence-electron chi connectivity index (χ2n) is 4.48. The van der Waals surface area contributed by atoms with Gasteiger partial charge < -0.3 is 10.1 Å². The Bertz CT molecular complexity index is 827. The minimum absolute atomic E-state index is 0.0190. The van der Waals surface area contributed by atoms with Gasteiger partial charge in [-0.15, -0.1) is 0 Å². The third-order valence-electron chi connectivity index (χ3n) is 3.02. The second-order valence-corrected chi connectivity index (χ2v) is 5.72. The van der Waals surface area contributed by atoms with Gasteiger partial charge in [-0.3, -0.25) is 0 Å². The van der Waals surface area contributed by atoms with Crippen LogP contribution in [-0.4, -0.2) is 15.1 Å². The number of fused-ring (bicyclic) bond motifs is 1. The quantitative estimate of drug-likeness (QED) is 0.585. The normalized spacial score (nSPS) is 12.0. The van der Waals surface area contributed by atoms with Gasteiger partial charge in [-0.25, -0.2) is 4.98 Å². The lowest BCUT2D eigenvalue weighted by atomic mass is 10.2. The molecule has 108 valence electrons. The minimum Gasteiger partial charge on any atom is -0.507 e. The number of halogens is 4. The first-order chi connectivity index (χ1) is 9.84. The van der Waals surface area contributed by atoms with Crippen molar-refractivity contribution in [1.82, 2.24) is 9.97 Å². The number of alkyl halides is 3. The van der Waals surface area contributed by atoms with Crippen LogP contribution in [0.1, 0.15) is 5.56 Å². The molecule has 3 nitrogen and oxygen atoms in total. The van der Waals surface area contributed by atoms with Crippen molar-refractivity contribution in [1.29, 1.82) is 0 Å². The van der Waals surface area contributed by atoms with Crippen molar-refractivity contribution in [3.05, 3.63) is 45.5 Å². The van der Waals surface area contributed by atoms with E-state index in [1.54, 1.807) is 12.1 Å². The molecule has 3 rings (SSSR count). The summed E-state index contributed by atoms with van der Waals surface area (Å²) in [4.78, 5) is 7.04. The Labute approximate surface area is 131 Å². The molecule has 0 radical (unpaired) electrons. The van der Waals surface area contributed by atoms with Crippen LogP contribution in [0.15, 0.2) is 36.4 Å². The Morgan fingerprint density at radius 2 is 1.86 bits per heavy atom. The molecule has 0 aliphatic carbocycles. The van der Waals surface area contributed by atoms with E-state index in [-0.39, 0.29) is 11.3 Å². The molecule has 0 bridgehead atoms. The number of benzene rings is 2. The third kappa shape index (κ3) is 2.69. The molecule has 0 saturated heterocycles. The largest absolute Gasteiger partial charge is 0.507 e. The smallest absolute Gasteiger partial charge is 0.416 e. The summed E-state index contributed by atoms with van der Waals surface area (Å²) in [6, 6.07) is 8.26. The minimum atomic E-state index is -4.40. The molecule has 3 aromatic rings.